The van der Waals surface area contributed by atoms with Crippen LogP contribution in [0, 0.1) is 0 Å². The molecule has 1 aliphatic heterocycles. The van der Waals surface area contributed by atoms with Gasteiger partial charge in [-0.3, -0.25) is 4.99 Å². The summed E-state index contributed by atoms with van der Waals surface area (Å²) in [6, 6.07) is 1.71. The third-order valence-electron chi connectivity index (χ3n) is 3.59. The smallest absolute Gasteiger partial charge is 0.179 e. The molecule has 1 N–H and O–H groups in total. The van der Waals surface area contributed by atoms with Crippen LogP contribution in [0.25, 0.3) is 16.6 Å². The first-order valence-corrected chi connectivity index (χ1v) is 8.67. The standard InChI is InChI=1S/C15H17N3O2S/c1-2-3-6-21(19,20)12-7-13-14(11-4-5-16-8-11)10-18-15(13)17-9-12/h4,7-10H,2-3,5-6H2,1H3,(H,17,18). The van der Waals surface area contributed by atoms with E-state index in [9.17, 15) is 8.42 Å². The molecule has 0 spiro atoms. The molecule has 21 heavy (non-hydrogen) atoms. The highest BCUT2D eigenvalue weighted by atomic mass is 32.2. The Bertz CT molecular complexity index is 832. The van der Waals surface area contributed by atoms with Gasteiger partial charge in [-0.1, -0.05) is 19.4 Å². The van der Waals surface area contributed by atoms with Crippen LogP contribution in [-0.4, -0.2) is 36.9 Å². The van der Waals surface area contributed by atoms with Crippen molar-refractivity contribution in [2.45, 2.75) is 24.7 Å². The molecule has 0 unspecified atom stereocenters. The maximum absolute atomic E-state index is 12.3. The van der Waals surface area contributed by atoms with Gasteiger partial charge < -0.3 is 4.98 Å². The van der Waals surface area contributed by atoms with Gasteiger partial charge in [0.05, 0.1) is 17.2 Å². The van der Waals surface area contributed by atoms with E-state index in [4.69, 9.17) is 0 Å². The summed E-state index contributed by atoms with van der Waals surface area (Å²) in [5.41, 5.74) is 2.65. The molecule has 1 aliphatic rings. The lowest BCUT2D eigenvalue weighted by Gasteiger charge is -2.04. The van der Waals surface area contributed by atoms with E-state index in [1.54, 1.807) is 12.3 Å². The zero-order valence-corrected chi connectivity index (χ0v) is 12.7. The van der Waals surface area contributed by atoms with E-state index in [1.807, 2.05) is 19.2 Å². The normalized spacial score (nSPS) is 14.8. The topological polar surface area (TPSA) is 75.2 Å². The molecule has 5 nitrogen and oxygen atoms in total. The minimum absolute atomic E-state index is 0.167. The molecule has 2 aromatic rings. The zero-order chi connectivity index (χ0) is 14.9. The molecule has 0 fully saturated rings. The minimum Gasteiger partial charge on any atom is -0.346 e. The summed E-state index contributed by atoms with van der Waals surface area (Å²) in [5.74, 6) is 0.167. The number of hydrogen-bond donors (Lipinski definition) is 1. The number of fused-ring (bicyclic) bond motifs is 1. The quantitative estimate of drug-likeness (QED) is 0.922. The van der Waals surface area contributed by atoms with Gasteiger partial charge in [-0.2, -0.15) is 0 Å². The Balaban J connectivity index is 2.07. The lowest BCUT2D eigenvalue weighted by molar-refractivity contribution is 0.592. The largest absolute Gasteiger partial charge is 0.346 e. The van der Waals surface area contributed by atoms with Gasteiger partial charge in [0.2, 0.25) is 0 Å². The first-order chi connectivity index (χ1) is 10.1. The van der Waals surface area contributed by atoms with Crippen molar-refractivity contribution in [2.75, 3.05) is 12.3 Å². The SMILES string of the molecule is CCCCS(=O)(=O)c1cnc2[nH]cc(C3=CCN=C3)c2c1. The van der Waals surface area contributed by atoms with Gasteiger partial charge >= 0.3 is 0 Å². The van der Waals surface area contributed by atoms with Crippen LogP contribution in [0.2, 0.25) is 0 Å². The molecule has 0 aromatic carbocycles. The van der Waals surface area contributed by atoms with Gasteiger partial charge in [0, 0.05) is 29.6 Å². The summed E-state index contributed by atoms with van der Waals surface area (Å²) < 4.78 is 24.6. The van der Waals surface area contributed by atoms with Gasteiger partial charge in [-0.15, -0.1) is 0 Å². The van der Waals surface area contributed by atoms with Gasteiger partial charge in [0.25, 0.3) is 0 Å². The molecule has 0 bridgehead atoms. The van der Waals surface area contributed by atoms with Crippen molar-refractivity contribution in [1.29, 1.82) is 0 Å². The van der Waals surface area contributed by atoms with Gasteiger partial charge in [-0.05, 0) is 18.1 Å². The molecule has 0 radical (unpaired) electrons. The number of unbranched alkanes of at least 4 members (excludes halogenated alkanes) is 1. The van der Waals surface area contributed by atoms with E-state index < -0.39 is 9.84 Å². The van der Waals surface area contributed by atoms with E-state index in [2.05, 4.69) is 15.0 Å². The number of aromatic nitrogens is 2. The molecule has 0 saturated carbocycles. The Hall–Kier alpha value is -1.95. The fourth-order valence-corrected chi connectivity index (χ4v) is 3.79. The van der Waals surface area contributed by atoms with Crippen LogP contribution >= 0.6 is 0 Å². The molecule has 2 aromatic heterocycles. The van der Waals surface area contributed by atoms with Crippen LogP contribution in [0.3, 0.4) is 0 Å². The summed E-state index contributed by atoms with van der Waals surface area (Å²) in [6.07, 6.45) is 8.63. The molecule has 0 saturated heterocycles. The van der Waals surface area contributed by atoms with Crippen molar-refractivity contribution in [3.63, 3.8) is 0 Å². The van der Waals surface area contributed by atoms with Gasteiger partial charge in [0.15, 0.2) is 9.84 Å². The second-order valence-electron chi connectivity index (χ2n) is 5.10. The fraction of sp³-hybridized carbons (Fsp3) is 0.333. The number of sulfone groups is 1. The fourth-order valence-electron chi connectivity index (χ4n) is 2.38. The third-order valence-corrected chi connectivity index (χ3v) is 5.36. The third kappa shape index (κ3) is 2.63. The molecule has 0 amide bonds. The maximum Gasteiger partial charge on any atom is 0.179 e. The summed E-state index contributed by atoms with van der Waals surface area (Å²) >= 11 is 0. The zero-order valence-electron chi connectivity index (χ0n) is 11.8. The molecule has 0 atom stereocenters. The Kier molecular flexibility index (Phi) is 3.63. The highest BCUT2D eigenvalue weighted by Crippen LogP contribution is 2.27. The summed E-state index contributed by atoms with van der Waals surface area (Å²) in [5, 5.41) is 0.826. The summed E-state index contributed by atoms with van der Waals surface area (Å²) in [4.78, 5) is 11.8. The van der Waals surface area contributed by atoms with E-state index in [1.165, 1.54) is 6.20 Å². The molecular formula is C15H17N3O2S. The van der Waals surface area contributed by atoms with Crippen LogP contribution in [0.15, 0.2) is 34.4 Å². The second kappa shape index (κ2) is 5.44. The molecule has 110 valence electrons. The van der Waals surface area contributed by atoms with E-state index in [-0.39, 0.29) is 5.75 Å². The lowest BCUT2D eigenvalue weighted by atomic mass is 10.1. The number of hydrogen-bond acceptors (Lipinski definition) is 4. The highest BCUT2D eigenvalue weighted by Gasteiger charge is 2.17. The van der Waals surface area contributed by atoms with Crippen molar-refractivity contribution in [3.05, 3.63) is 30.1 Å². The van der Waals surface area contributed by atoms with Crippen molar-refractivity contribution in [3.8, 4) is 0 Å². The van der Waals surface area contributed by atoms with Gasteiger partial charge in [-0.25, -0.2) is 13.4 Å². The van der Waals surface area contributed by atoms with Crippen LogP contribution in [0.5, 0.6) is 0 Å². The number of aliphatic imine (C=N–C) groups is 1. The van der Waals surface area contributed by atoms with Crippen molar-refractivity contribution < 1.29 is 8.42 Å². The Morgan fingerprint density at radius 2 is 2.24 bits per heavy atom. The van der Waals surface area contributed by atoms with Gasteiger partial charge in [0.1, 0.15) is 5.65 Å². The Labute approximate surface area is 123 Å². The van der Waals surface area contributed by atoms with Crippen LogP contribution < -0.4 is 0 Å². The molecule has 6 heteroatoms. The molecule has 3 heterocycles. The predicted octanol–water partition coefficient (Wildman–Crippen LogP) is 2.60. The number of H-pyrrole nitrogens is 1. The van der Waals surface area contributed by atoms with Crippen molar-refractivity contribution in [1.82, 2.24) is 9.97 Å². The second-order valence-corrected chi connectivity index (χ2v) is 7.20. The monoisotopic (exact) mass is 303 g/mol. The maximum atomic E-state index is 12.3. The molecule has 0 aliphatic carbocycles. The number of nitrogens with one attached hydrogen (secondary N) is 1. The van der Waals surface area contributed by atoms with Crippen molar-refractivity contribution in [2.24, 2.45) is 4.99 Å². The molecular weight excluding hydrogens is 286 g/mol. The van der Waals surface area contributed by atoms with Crippen LogP contribution in [-0.2, 0) is 9.84 Å². The number of rotatable bonds is 5. The number of aromatic amines is 1. The average Bonchev–Trinajstić information content (AvgIpc) is 3.12. The summed E-state index contributed by atoms with van der Waals surface area (Å²) in [6.45, 7) is 2.65. The number of nitrogens with zero attached hydrogens (tertiary/aromatic N) is 2. The Morgan fingerprint density at radius 1 is 1.38 bits per heavy atom. The minimum atomic E-state index is -3.26. The van der Waals surface area contributed by atoms with E-state index in [0.29, 0.717) is 23.5 Å². The average molecular weight is 303 g/mol. The Morgan fingerprint density at radius 3 is 2.95 bits per heavy atom. The number of allylic oxidation sites excluding steroid dienone is 1. The first kappa shape index (κ1) is 14.0. The number of pyridine rings is 1. The lowest BCUT2D eigenvalue weighted by Crippen LogP contribution is -2.07. The first-order valence-electron chi connectivity index (χ1n) is 7.02. The van der Waals surface area contributed by atoms with E-state index in [0.717, 1.165) is 22.9 Å². The highest BCUT2D eigenvalue weighted by molar-refractivity contribution is 7.91. The predicted molar refractivity (Wildman–Crippen MR) is 84.4 cm³/mol. The van der Waals surface area contributed by atoms with E-state index >= 15 is 0 Å². The van der Waals surface area contributed by atoms with Crippen LogP contribution in [0.4, 0.5) is 0 Å². The van der Waals surface area contributed by atoms with Crippen LogP contribution in [0.1, 0.15) is 25.3 Å². The van der Waals surface area contributed by atoms with Crippen molar-refractivity contribution >= 4 is 32.7 Å². The summed E-state index contributed by atoms with van der Waals surface area (Å²) in [7, 11) is -3.26. The molecule has 3 rings (SSSR count).